The lowest BCUT2D eigenvalue weighted by molar-refractivity contribution is -0.380. The van der Waals surface area contributed by atoms with Crippen molar-refractivity contribution in [3.63, 3.8) is 0 Å². The van der Waals surface area contributed by atoms with Gasteiger partial charge in [0.05, 0.1) is 52.5 Å². The number of fused-ring (bicyclic) bond motifs is 1. The fraction of sp³-hybridized carbons (Fsp3) is 0.214. The van der Waals surface area contributed by atoms with Crippen LogP contribution in [-0.4, -0.2) is 63.6 Å². The lowest BCUT2D eigenvalue weighted by Gasteiger charge is -2.13. The van der Waals surface area contributed by atoms with Crippen molar-refractivity contribution in [1.82, 2.24) is 19.7 Å². The molecule has 3 heterocycles. The van der Waals surface area contributed by atoms with E-state index in [1.54, 1.807) is 18.2 Å². The average Bonchev–Trinajstić information content (AvgIpc) is 3.66. The molecule has 0 spiro atoms. The number of anilines is 1. The van der Waals surface area contributed by atoms with Gasteiger partial charge in [0.25, 0.3) is 5.91 Å². The average molecular weight is 627 g/mol. The number of carbonyl (C=O) groups excluding carboxylic acids is 1. The van der Waals surface area contributed by atoms with Crippen molar-refractivity contribution in [2.75, 3.05) is 38.4 Å². The molecule has 1 amide bonds. The van der Waals surface area contributed by atoms with Gasteiger partial charge in [0, 0.05) is 17.7 Å². The van der Waals surface area contributed by atoms with E-state index in [0.29, 0.717) is 59.5 Å². The molecule has 0 fully saturated rings. The Morgan fingerprint density at radius 2 is 1.84 bits per heavy atom. The minimum atomic E-state index is -0.602. The van der Waals surface area contributed by atoms with Gasteiger partial charge in [-0.2, -0.15) is 5.10 Å². The number of hydrogen-bond acceptors (Lipinski definition) is 10. The molecule has 1 N–H and O–H groups in total. The van der Waals surface area contributed by atoms with Crippen molar-refractivity contribution in [1.29, 1.82) is 0 Å². The van der Waals surface area contributed by atoms with Crippen LogP contribution in [0.25, 0.3) is 28.1 Å². The highest BCUT2D eigenvalue weighted by atomic mass is 35.5. The summed E-state index contributed by atoms with van der Waals surface area (Å²) in [7, 11) is 0. The van der Waals surface area contributed by atoms with E-state index in [9.17, 15) is 19.3 Å². The molecule has 15 heteroatoms. The van der Waals surface area contributed by atoms with Crippen molar-refractivity contribution in [2.24, 2.45) is 0 Å². The molecule has 0 aliphatic carbocycles. The summed E-state index contributed by atoms with van der Waals surface area (Å²) in [5, 5.41) is 18.9. The van der Waals surface area contributed by atoms with Gasteiger partial charge >= 0.3 is 5.00 Å². The molecule has 0 atom stereocenters. The monoisotopic (exact) mass is 626 g/mol. The van der Waals surface area contributed by atoms with Crippen LogP contribution in [0.5, 0.6) is 5.75 Å². The van der Waals surface area contributed by atoms with E-state index in [1.165, 1.54) is 47.3 Å². The first-order valence-corrected chi connectivity index (χ1v) is 14.2. The Hall–Kier alpha value is -4.50. The quantitative estimate of drug-likeness (QED) is 0.0955. The number of nitrogens with zero attached hydrogens (tertiary/aromatic N) is 5. The molecule has 0 bridgehead atoms. The van der Waals surface area contributed by atoms with Gasteiger partial charge in [0.15, 0.2) is 11.5 Å². The summed E-state index contributed by atoms with van der Waals surface area (Å²) in [5.41, 5.74) is 1.29. The van der Waals surface area contributed by atoms with Crippen molar-refractivity contribution in [2.45, 2.75) is 6.92 Å². The molecule has 5 rings (SSSR count). The van der Waals surface area contributed by atoms with Crippen LogP contribution in [0, 0.1) is 15.9 Å². The molecule has 2 aromatic carbocycles. The Morgan fingerprint density at radius 3 is 2.58 bits per heavy atom. The maximum Gasteiger partial charge on any atom is 0.324 e. The molecule has 222 valence electrons. The molecule has 0 saturated heterocycles. The van der Waals surface area contributed by atoms with E-state index in [1.807, 2.05) is 6.92 Å². The van der Waals surface area contributed by atoms with Crippen molar-refractivity contribution in [3.8, 4) is 22.8 Å². The van der Waals surface area contributed by atoms with Crippen LogP contribution in [-0.2, 0) is 9.47 Å². The van der Waals surface area contributed by atoms with Gasteiger partial charge in [-0.25, -0.2) is 19.0 Å². The number of rotatable bonds is 13. The number of thiophene rings is 1. The van der Waals surface area contributed by atoms with Gasteiger partial charge in [-0.3, -0.25) is 14.9 Å². The van der Waals surface area contributed by atoms with E-state index < -0.39 is 16.6 Å². The highest BCUT2D eigenvalue weighted by molar-refractivity contribution is 7.17. The minimum Gasteiger partial charge on any atom is -0.490 e. The predicted molar refractivity (Wildman–Crippen MR) is 159 cm³/mol. The van der Waals surface area contributed by atoms with Crippen LogP contribution >= 0.6 is 22.9 Å². The summed E-state index contributed by atoms with van der Waals surface area (Å²) in [6.07, 6.45) is 1.47. The second-order valence-corrected chi connectivity index (χ2v) is 10.3. The van der Waals surface area contributed by atoms with Crippen LogP contribution in [0.2, 0.25) is 5.02 Å². The van der Waals surface area contributed by atoms with E-state index in [2.05, 4.69) is 15.4 Å². The van der Waals surface area contributed by atoms with Gasteiger partial charge in [-0.1, -0.05) is 22.9 Å². The van der Waals surface area contributed by atoms with Crippen molar-refractivity contribution < 1.29 is 28.3 Å². The number of nitro groups is 1. The second-order valence-electron chi connectivity index (χ2n) is 8.81. The van der Waals surface area contributed by atoms with Crippen LogP contribution in [0.1, 0.15) is 16.6 Å². The molecule has 5 aromatic rings. The Bertz CT molecular complexity index is 1760. The molecular formula is C28H24ClFN6O6S. The van der Waals surface area contributed by atoms with Gasteiger partial charge < -0.3 is 19.5 Å². The Labute approximate surface area is 253 Å². The molecular weight excluding hydrogens is 603 g/mol. The van der Waals surface area contributed by atoms with Crippen LogP contribution < -0.4 is 10.1 Å². The first-order chi connectivity index (χ1) is 20.8. The van der Waals surface area contributed by atoms with Gasteiger partial charge in [0.1, 0.15) is 24.0 Å². The summed E-state index contributed by atoms with van der Waals surface area (Å²) in [6.45, 7) is 3.90. The van der Waals surface area contributed by atoms with Crippen molar-refractivity contribution in [3.05, 3.63) is 86.6 Å². The summed E-state index contributed by atoms with van der Waals surface area (Å²) in [6, 6.07) is 13.2. The fourth-order valence-electron chi connectivity index (χ4n) is 3.99. The Kier molecular flexibility index (Phi) is 9.51. The third-order valence-electron chi connectivity index (χ3n) is 5.97. The van der Waals surface area contributed by atoms with Gasteiger partial charge in [0.2, 0.25) is 0 Å². The molecule has 12 nitrogen and oxygen atoms in total. The Balaban J connectivity index is 1.52. The van der Waals surface area contributed by atoms with E-state index in [-0.39, 0.29) is 28.1 Å². The second kappa shape index (κ2) is 13.6. The van der Waals surface area contributed by atoms with Gasteiger partial charge in [-0.05, 0) is 55.5 Å². The normalized spacial score (nSPS) is 11.1. The third-order valence-corrected chi connectivity index (χ3v) is 7.24. The zero-order chi connectivity index (χ0) is 30.3. The predicted octanol–water partition coefficient (Wildman–Crippen LogP) is 5.93. The number of hydrogen-bond donors (Lipinski definition) is 1. The number of carbonyl (C=O) groups is 1. The molecule has 0 unspecified atom stereocenters. The van der Waals surface area contributed by atoms with Gasteiger partial charge in [-0.15, -0.1) is 0 Å². The number of benzene rings is 2. The van der Waals surface area contributed by atoms with E-state index in [0.717, 1.165) is 11.3 Å². The third kappa shape index (κ3) is 7.11. The molecule has 0 aliphatic heterocycles. The molecule has 0 radical (unpaired) electrons. The van der Waals surface area contributed by atoms with Crippen LogP contribution in [0.15, 0.2) is 60.8 Å². The number of aromatic nitrogens is 4. The zero-order valence-corrected chi connectivity index (χ0v) is 24.2. The highest BCUT2D eigenvalue weighted by Gasteiger charge is 2.21. The largest absolute Gasteiger partial charge is 0.490 e. The first kappa shape index (κ1) is 30.0. The van der Waals surface area contributed by atoms with E-state index in [4.69, 9.17) is 30.8 Å². The Morgan fingerprint density at radius 1 is 1.07 bits per heavy atom. The molecule has 0 aliphatic rings. The number of nitrogens with one attached hydrogen (secondary N) is 1. The maximum absolute atomic E-state index is 13.6. The van der Waals surface area contributed by atoms with E-state index >= 15 is 0 Å². The molecule has 3 aromatic heterocycles. The minimum absolute atomic E-state index is 0.106. The van der Waals surface area contributed by atoms with Crippen LogP contribution in [0.3, 0.4) is 0 Å². The van der Waals surface area contributed by atoms with Crippen LogP contribution in [0.4, 0.5) is 15.2 Å². The first-order valence-electron chi connectivity index (χ1n) is 13.0. The topological polar surface area (TPSA) is 144 Å². The number of ether oxygens (including phenoxy) is 3. The van der Waals surface area contributed by atoms with Crippen molar-refractivity contribution >= 4 is 50.7 Å². The molecule has 43 heavy (non-hydrogen) atoms. The fourth-order valence-corrected chi connectivity index (χ4v) is 4.86. The zero-order valence-electron chi connectivity index (χ0n) is 22.7. The standard InChI is InChI=1S/C28H24ClFN6O6S/c1-2-40-11-12-41-13-14-42-22-15-17(29)3-8-20(22)25-32-26(34-28(37)23-9-10-24(43-23)36(38)39)21-16-31-35(27(21)33-25)19-6-4-18(30)5-7-19/h3-10,15-16H,2,11-14H2,1H3,(H,32,33,34,37). The summed E-state index contributed by atoms with van der Waals surface area (Å²) in [4.78, 5) is 33.1. The smallest absolute Gasteiger partial charge is 0.324 e. The SMILES string of the molecule is CCOCCOCCOc1cc(Cl)ccc1-c1nc(NC(=O)c2ccc([N+](=O)[O-])s2)c2cnn(-c3ccc(F)cc3)c2n1. The summed E-state index contributed by atoms with van der Waals surface area (Å²) < 4.78 is 31.9. The lowest BCUT2D eigenvalue weighted by Crippen LogP contribution is -2.13. The lowest BCUT2D eigenvalue weighted by atomic mass is 10.2. The number of amides is 1. The highest BCUT2D eigenvalue weighted by Crippen LogP contribution is 2.34. The molecule has 0 saturated carbocycles. The summed E-state index contributed by atoms with van der Waals surface area (Å²) >= 11 is 7.01. The summed E-state index contributed by atoms with van der Waals surface area (Å²) in [5.74, 6) is -0.365. The maximum atomic E-state index is 13.6. The number of halogens is 2.